The molecule has 34 heavy (non-hydrogen) atoms. The summed E-state index contributed by atoms with van der Waals surface area (Å²) in [4.78, 5) is 29.5. The van der Waals surface area contributed by atoms with Crippen LogP contribution in [0.25, 0.3) is 5.69 Å². The van der Waals surface area contributed by atoms with Gasteiger partial charge < -0.3 is 19.3 Å². The number of thioether (sulfide) groups is 1. The Kier molecular flexibility index (Phi) is 8.31. The molecular formula is C24H33N5O4S. The van der Waals surface area contributed by atoms with E-state index in [1.807, 2.05) is 28.8 Å². The highest BCUT2D eigenvalue weighted by Gasteiger charge is 2.33. The molecule has 1 atom stereocenters. The summed E-state index contributed by atoms with van der Waals surface area (Å²) in [5.41, 5.74) is 0.841. The van der Waals surface area contributed by atoms with Gasteiger partial charge in [-0.25, -0.2) is 4.79 Å². The highest BCUT2D eigenvalue weighted by Crippen LogP contribution is 2.33. The van der Waals surface area contributed by atoms with Crippen molar-refractivity contribution in [1.29, 1.82) is 0 Å². The van der Waals surface area contributed by atoms with Gasteiger partial charge in [0.15, 0.2) is 5.16 Å². The van der Waals surface area contributed by atoms with Crippen LogP contribution in [0, 0.1) is 0 Å². The minimum absolute atomic E-state index is 0.0862. The van der Waals surface area contributed by atoms with Crippen molar-refractivity contribution >= 4 is 29.6 Å². The van der Waals surface area contributed by atoms with E-state index in [1.165, 1.54) is 18.2 Å². The van der Waals surface area contributed by atoms with Gasteiger partial charge in [-0.05, 0) is 57.6 Å². The Morgan fingerprint density at radius 3 is 2.59 bits per heavy atom. The number of methoxy groups -OCH3 is 1. The van der Waals surface area contributed by atoms with Crippen molar-refractivity contribution in [2.75, 3.05) is 44.0 Å². The SMILES string of the molecule is CCOC(=O)[C@@H]1CCCCN1C(=O)CSc1nnc(N2CCCCC2)n1-c1ccccc1OC. The summed E-state index contributed by atoms with van der Waals surface area (Å²) in [5.74, 6) is 1.25. The number of anilines is 1. The molecule has 2 aromatic rings. The van der Waals surface area contributed by atoms with E-state index in [9.17, 15) is 9.59 Å². The Morgan fingerprint density at radius 1 is 1.06 bits per heavy atom. The number of amides is 1. The largest absolute Gasteiger partial charge is 0.495 e. The minimum atomic E-state index is -0.502. The molecule has 9 nitrogen and oxygen atoms in total. The molecule has 0 spiro atoms. The number of carbonyl (C=O) groups is 2. The lowest BCUT2D eigenvalue weighted by Crippen LogP contribution is -2.49. The van der Waals surface area contributed by atoms with Gasteiger partial charge in [-0.3, -0.25) is 9.36 Å². The van der Waals surface area contributed by atoms with Crippen LogP contribution in [0.4, 0.5) is 5.95 Å². The van der Waals surface area contributed by atoms with Gasteiger partial charge in [-0.15, -0.1) is 10.2 Å². The lowest BCUT2D eigenvalue weighted by molar-refractivity contribution is -0.155. The number of nitrogens with zero attached hydrogens (tertiary/aromatic N) is 5. The molecule has 1 amide bonds. The van der Waals surface area contributed by atoms with E-state index in [0.29, 0.717) is 30.5 Å². The molecule has 2 saturated heterocycles. The number of piperidine rings is 2. The number of hydrogen-bond donors (Lipinski definition) is 0. The van der Waals surface area contributed by atoms with Gasteiger partial charge in [-0.1, -0.05) is 23.9 Å². The van der Waals surface area contributed by atoms with Crippen molar-refractivity contribution in [2.24, 2.45) is 0 Å². The van der Waals surface area contributed by atoms with Crippen LogP contribution in [0.1, 0.15) is 45.4 Å². The van der Waals surface area contributed by atoms with Gasteiger partial charge in [0, 0.05) is 19.6 Å². The third kappa shape index (κ3) is 5.32. The number of para-hydroxylation sites is 2. The Labute approximate surface area is 204 Å². The predicted molar refractivity (Wildman–Crippen MR) is 131 cm³/mol. The topological polar surface area (TPSA) is 89.8 Å². The summed E-state index contributed by atoms with van der Waals surface area (Å²) in [6, 6.07) is 7.26. The number of carbonyl (C=O) groups excluding carboxylic acids is 2. The van der Waals surface area contributed by atoms with Gasteiger partial charge in [0.2, 0.25) is 11.9 Å². The van der Waals surface area contributed by atoms with E-state index in [4.69, 9.17) is 9.47 Å². The molecule has 0 unspecified atom stereocenters. The highest BCUT2D eigenvalue weighted by molar-refractivity contribution is 7.99. The van der Waals surface area contributed by atoms with Gasteiger partial charge in [0.25, 0.3) is 0 Å². The third-order valence-electron chi connectivity index (χ3n) is 6.29. The molecule has 4 rings (SSSR count). The molecule has 2 fully saturated rings. The molecular weight excluding hydrogens is 454 g/mol. The van der Waals surface area contributed by atoms with Crippen molar-refractivity contribution < 1.29 is 19.1 Å². The van der Waals surface area contributed by atoms with Crippen LogP contribution < -0.4 is 9.64 Å². The van der Waals surface area contributed by atoms with Crippen LogP contribution in [0.3, 0.4) is 0 Å². The summed E-state index contributed by atoms with van der Waals surface area (Å²) >= 11 is 1.34. The second-order valence-electron chi connectivity index (χ2n) is 8.48. The fraction of sp³-hybridized carbons (Fsp3) is 0.583. The average Bonchev–Trinajstić information content (AvgIpc) is 3.31. The first-order valence-electron chi connectivity index (χ1n) is 12.1. The predicted octanol–water partition coefficient (Wildman–Crippen LogP) is 3.30. The van der Waals surface area contributed by atoms with Crippen LogP contribution in [0.15, 0.2) is 29.4 Å². The Hall–Kier alpha value is -2.75. The van der Waals surface area contributed by atoms with Crippen molar-refractivity contribution in [2.45, 2.75) is 56.6 Å². The Balaban J connectivity index is 1.57. The summed E-state index contributed by atoms with van der Waals surface area (Å²) in [7, 11) is 1.64. The van der Waals surface area contributed by atoms with Gasteiger partial charge in [-0.2, -0.15) is 0 Å². The van der Waals surface area contributed by atoms with E-state index in [-0.39, 0.29) is 17.6 Å². The number of likely N-dealkylation sites (tertiary alicyclic amines) is 1. The molecule has 3 heterocycles. The number of hydrogen-bond acceptors (Lipinski definition) is 8. The molecule has 0 radical (unpaired) electrons. The highest BCUT2D eigenvalue weighted by atomic mass is 32.2. The van der Waals surface area contributed by atoms with Crippen LogP contribution in [0.5, 0.6) is 5.75 Å². The van der Waals surface area contributed by atoms with Crippen molar-refractivity contribution in [3.8, 4) is 11.4 Å². The molecule has 10 heteroatoms. The first kappa shape index (κ1) is 24.4. The number of aromatic nitrogens is 3. The number of ether oxygens (including phenoxy) is 2. The molecule has 1 aromatic heterocycles. The zero-order valence-corrected chi connectivity index (χ0v) is 20.8. The Morgan fingerprint density at radius 2 is 1.82 bits per heavy atom. The third-order valence-corrected chi connectivity index (χ3v) is 7.20. The maximum atomic E-state index is 13.2. The molecule has 184 valence electrons. The summed E-state index contributed by atoms with van der Waals surface area (Å²) in [6.45, 7) is 4.51. The summed E-state index contributed by atoms with van der Waals surface area (Å²) < 4.78 is 12.8. The molecule has 0 aliphatic carbocycles. The number of esters is 1. The van der Waals surface area contributed by atoms with Crippen LogP contribution in [-0.4, -0.2) is 76.7 Å². The monoisotopic (exact) mass is 487 g/mol. The van der Waals surface area contributed by atoms with Crippen molar-refractivity contribution in [3.05, 3.63) is 24.3 Å². The quantitative estimate of drug-likeness (QED) is 0.414. The smallest absolute Gasteiger partial charge is 0.328 e. The second kappa shape index (κ2) is 11.6. The molecule has 0 saturated carbocycles. The van der Waals surface area contributed by atoms with Crippen molar-refractivity contribution in [3.63, 3.8) is 0 Å². The maximum absolute atomic E-state index is 13.2. The van der Waals surface area contributed by atoms with Crippen LogP contribution in [-0.2, 0) is 14.3 Å². The first-order valence-corrected chi connectivity index (χ1v) is 13.0. The van der Waals surface area contributed by atoms with Gasteiger partial charge in [0.1, 0.15) is 11.8 Å². The molecule has 1 aromatic carbocycles. The number of rotatable bonds is 8. The fourth-order valence-corrected chi connectivity index (χ4v) is 5.43. The van der Waals surface area contributed by atoms with Crippen LogP contribution in [0.2, 0.25) is 0 Å². The normalized spacial score (nSPS) is 18.6. The summed E-state index contributed by atoms with van der Waals surface area (Å²) in [5, 5.41) is 9.60. The van der Waals surface area contributed by atoms with Gasteiger partial charge in [0.05, 0.1) is 25.2 Å². The lowest BCUT2D eigenvalue weighted by atomic mass is 10.0. The zero-order chi connectivity index (χ0) is 23.9. The van der Waals surface area contributed by atoms with E-state index in [2.05, 4.69) is 15.1 Å². The average molecular weight is 488 g/mol. The Bertz CT molecular complexity index is 991. The zero-order valence-electron chi connectivity index (χ0n) is 19.9. The van der Waals surface area contributed by atoms with Gasteiger partial charge >= 0.3 is 5.97 Å². The van der Waals surface area contributed by atoms with E-state index < -0.39 is 6.04 Å². The molecule has 0 bridgehead atoms. The van der Waals surface area contributed by atoms with E-state index >= 15 is 0 Å². The molecule has 2 aliphatic rings. The van der Waals surface area contributed by atoms with Crippen molar-refractivity contribution in [1.82, 2.24) is 19.7 Å². The fourth-order valence-electron chi connectivity index (χ4n) is 4.60. The summed E-state index contributed by atoms with van der Waals surface area (Å²) in [6.07, 6.45) is 5.90. The maximum Gasteiger partial charge on any atom is 0.328 e. The number of benzene rings is 1. The lowest BCUT2D eigenvalue weighted by Gasteiger charge is -2.34. The molecule has 0 N–H and O–H groups in total. The van der Waals surface area contributed by atoms with E-state index in [1.54, 1.807) is 18.9 Å². The van der Waals surface area contributed by atoms with E-state index in [0.717, 1.165) is 50.4 Å². The van der Waals surface area contributed by atoms with Crippen LogP contribution >= 0.6 is 11.8 Å². The minimum Gasteiger partial charge on any atom is -0.495 e. The molecule has 2 aliphatic heterocycles. The first-order chi connectivity index (χ1) is 16.6. The standard InChI is InChI=1S/C24H33N5O4S/c1-3-33-22(31)19-12-7-10-16-28(19)21(30)17-34-24-26-25-23(27-14-8-4-9-15-27)29(24)18-11-5-6-13-20(18)32-2/h5-6,11,13,19H,3-4,7-10,12,14-17H2,1-2H3/t19-/m0/s1. The second-order valence-corrected chi connectivity index (χ2v) is 9.42.